The highest BCUT2D eigenvalue weighted by Crippen LogP contribution is 2.30. The molecule has 1 fully saturated rings. The van der Waals surface area contributed by atoms with Gasteiger partial charge in [-0.15, -0.1) is 0 Å². The molecule has 1 saturated heterocycles. The smallest absolute Gasteiger partial charge is 0.224 e. The summed E-state index contributed by atoms with van der Waals surface area (Å²) in [6.07, 6.45) is 3.02. The Balaban J connectivity index is 1.92. The highest BCUT2D eigenvalue weighted by atomic mass is 35.5. The zero-order valence-corrected chi connectivity index (χ0v) is 16.8. The van der Waals surface area contributed by atoms with Gasteiger partial charge in [0.1, 0.15) is 0 Å². The van der Waals surface area contributed by atoms with E-state index in [9.17, 15) is 9.59 Å². The highest BCUT2D eigenvalue weighted by Gasteiger charge is 2.22. The molecule has 0 radical (unpaired) electrons. The van der Waals surface area contributed by atoms with E-state index in [-0.39, 0.29) is 11.8 Å². The molecule has 0 saturated carbocycles. The number of carbonyl (C=O) groups is 2. The van der Waals surface area contributed by atoms with Crippen molar-refractivity contribution < 1.29 is 9.59 Å². The van der Waals surface area contributed by atoms with Gasteiger partial charge in [0.2, 0.25) is 11.8 Å². The van der Waals surface area contributed by atoms with Crippen molar-refractivity contribution in [2.24, 2.45) is 5.92 Å². The second-order valence-electron chi connectivity index (χ2n) is 7.28. The van der Waals surface area contributed by atoms with E-state index in [2.05, 4.69) is 31.0 Å². The van der Waals surface area contributed by atoms with Gasteiger partial charge in [-0.05, 0) is 30.5 Å². The summed E-state index contributed by atoms with van der Waals surface area (Å²) >= 11 is 6.44. The minimum Gasteiger partial charge on any atom is -0.367 e. The molecule has 1 aliphatic heterocycles. The molecule has 0 unspecified atom stereocenters. The van der Waals surface area contributed by atoms with Gasteiger partial charge in [-0.3, -0.25) is 9.59 Å². The van der Waals surface area contributed by atoms with Gasteiger partial charge < -0.3 is 15.1 Å². The molecule has 0 aliphatic carbocycles. The minimum atomic E-state index is 0.0212. The van der Waals surface area contributed by atoms with Gasteiger partial charge in [0, 0.05) is 44.7 Å². The van der Waals surface area contributed by atoms with Gasteiger partial charge in [-0.2, -0.15) is 0 Å². The lowest BCUT2D eigenvalue weighted by atomic mass is 10.1. The second-order valence-corrected chi connectivity index (χ2v) is 7.69. The largest absolute Gasteiger partial charge is 0.367 e. The van der Waals surface area contributed by atoms with Gasteiger partial charge in [-0.25, -0.2) is 0 Å². The number of piperazine rings is 1. The topological polar surface area (TPSA) is 52.7 Å². The molecule has 26 heavy (non-hydrogen) atoms. The summed E-state index contributed by atoms with van der Waals surface area (Å²) in [5.41, 5.74) is 1.68. The first kappa shape index (κ1) is 20.6. The van der Waals surface area contributed by atoms with Crippen LogP contribution in [0.15, 0.2) is 18.2 Å². The number of amides is 2. The van der Waals surface area contributed by atoms with E-state index in [1.54, 1.807) is 6.07 Å². The lowest BCUT2D eigenvalue weighted by Gasteiger charge is -2.36. The predicted molar refractivity (Wildman–Crippen MR) is 108 cm³/mol. The molecule has 1 heterocycles. The molecule has 1 aromatic carbocycles. The molecule has 0 spiro atoms. The summed E-state index contributed by atoms with van der Waals surface area (Å²) < 4.78 is 0. The van der Waals surface area contributed by atoms with E-state index in [4.69, 9.17) is 11.6 Å². The maximum atomic E-state index is 12.2. The Hall–Kier alpha value is -1.75. The maximum Gasteiger partial charge on any atom is 0.224 e. The van der Waals surface area contributed by atoms with Crippen LogP contribution in [0.5, 0.6) is 0 Å². The van der Waals surface area contributed by atoms with E-state index in [0.29, 0.717) is 23.8 Å². The van der Waals surface area contributed by atoms with Crippen molar-refractivity contribution in [3.8, 4) is 0 Å². The van der Waals surface area contributed by atoms with Gasteiger partial charge in [0.15, 0.2) is 0 Å². The fourth-order valence-electron chi connectivity index (χ4n) is 3.08. The first-order chi connectivity index (χ1) is 12.4. The van der Waals surface area contributed by atoms with Gasteiger partial charge in [-0.1, -0.05) is 38.8 Å². The van der Waals surface area contributed by atoms with Crippen molar-refractivity contribution in [2.45, 2.75) is 46.5 Å². The van der Waals surface area contributed by atoms with Crippen LogP contribution in [0.25, 0.3) is 0 Å². The average molecular weight is 380 g/mol. The molecule has 0 bridgehead atoms. The molecule has 0 atom stereocenters. The maximum absolute atomic E-state index is 12.2. The molecule has 1 aromatic rings. The molecule has 1 aliphatic rings. The summed E-state index contributed by atoms with van der Waals surface area (Å²) in [5.74, 6) is 0.638. The molecule has 0 aromatic heterocycles. The Kier molecular flexibility index (Phi) is 7.76. The van der Waals surface area contributed by atoms with Crippen molar-refractivity contribution in [3.63, 3.8) is 0 Å². The van der Waals surface area contributed by atoms with E-state index < -0.39 is 0 Å². The van der Waals surface area contributed by atoms with Crippen LogP contribution >= 0.6 is 11.6 Å². The van der Waals surface area contributed by atoms with Crippen molar-refractivity contribution in [2.75, 3.05) is 36.4 Å². The lowest BCUT2D eigenvalue weighted by Crippen LogP contribution is -2.49. The monoisotopic (exact) mass is 379 g/mol. The van der Waals surface area contributed by atoms with E-state index in [0.717, 1.165) is 50.4 Å². The first-order valence-corrected chi connectivity index (χ1v) is 9.90. The quantitative estimate of drug-likeness (QED) is 0.773. The van der Waals surface area contributed by atoms with Crippen molar-refractivity contribution in [3.05, 3.63) is 23.2 Å². The number of unbranched alkanes of at least 4 members (excludes halogenated alkanes) is 1. The Morgan fingerprint density at radius 2 is 1.88 bits per heavy atom. The van der Waals surface area contributed by atoms with Gasteiger partial charge in [0.25, 0.3) is 0 Å². The average Bonchev–Trinajstić information content (AvgIpc) is 2.59. The Morgan fingerprint density at radius 3 is 2.46 bits per heavy atom. The Morgan fingerprint density at radius 1 is 1.19 bits per heavy atom. The van der Waals surface area contributed by atoms with Crippen LogP contribution < -0.4 is 10.2 Å². The molecule has 6 heteroatoms. The number of halogens is 1. The zero-order valence-electron chi connectivity index (χ0n) is 16.1. The number of benzene rings is 1. The molecule has 5 nitrogen and oxygen atoms in total. The van der Waals surface area contributed by atoms with Crippen molar-refractivity contribution >= 4 is 34.8 Å². The SMILES string of the molecule is CCCCC(=O)Nc1ccc(N2CCN(C(=O)CC(C)C)CC2)c(Cl)c1. The highest BCUT2D eigenvalue weighted by molar-refractivity contribution is 6.33. The third-order valence-electron chi connectivity index (χ3n) is 4.54. The summed E-state index contributed by atoms with van der Waals surface area (Å²) in [5, 5.41) is 3.52. The predicted octanol–water partition coefficient (Wildman–Crippen LogP) is 4.16. The first-order valence-electron chi connectivity index (χ1n) is 9.52. The summed E-state index contributed by atoms with van der Waals surface area (Å²) in [4.78, 5) is 28.2. The van der Waals surface area contributed by atoms with Crippen molar-refractivity contribution in [1.29, 1.82) is 0 Å². The van der Waals surface area contributed by atoms with Crippen LogP contribution in [0.3, 0.4) is 0 Å². The number of anilines is 2. The van der Waals surface area contributed by atoms with E-state index in [1.165, 1.54) is 0 Å². The van der Waals surface area contributed by atoms with Crippen LogP contribution in [-0.4, -0.2) is 42.9 Å². The number of carbonyl (C=O) groups excluding carboxylic acids is 2. The second kappa shape index (κ2) is 9.81. The van der Waals surface area contributed by atoms with Crippen molar-refractivity contribution in [1.82, 2.24) is 4.90 Å². The number of rotatable bonds is 7. The number of nitrogens with zero attached hydrogens (tertiary/aromatic N) is 2. The fraction of sp³-hybridized carbons (Fsp3) is 0.600. The molecule has 2 amide bonds. The molecular weight excluding hydrogens is 350 g/mol. The molecule has 1 N–H and O–H groups in total. The van der Waals surface area contributed by atoms with Gasteiger partial charge >= 0.3 is 0 Å². The summed E-state index contributed by atoms with van der Waals surface area (Å²) in [6.45, 7) is 9.18. The van der Waals surface area contributed by atoms with Crippen LogP contribution in [0.2, 0.25) is 5.02 Å². The summed E-state index contributed by atoms with van der Waals surface area (Å²) in [7, 11) is 0. The Labute approximate surface area is 161 Å². The lowest BCUT2D eigenvalue weighted by molar-refractivity contribution is -0.132. The minimum absolute atomic E-state index is 0.0212. The Bertz CT molecular complexity index is 625. The standard InChI is InChI=1S/C20H30ClN3O2/c1-4-5-6-19(25)22-16-7-8-18(17(21)14-16)23-9-11-24(12-10-23)20(26)13-15(2)3/h7-8,14-15H,4-6,9-13H2,1-3H3,(H,22,25). The van der Waals surface area contributed by atoms with Crippen LogP contribution in [0.4, 0.5) is 11.4 Å². The van der Waals surface area contributed by atoms with Crippen LogP contribution in [-0.2, 0) is 9.59 Å². The molecule has 144 valence electrons. The molecule has 2 rings (SSSR count). The number of hydrogen-bond acceptors (Lipinski definition) is 3. The third kappa shape index (κ3) is 5.90. The zero-order chi connectivity index (χ0) is 19.1. The summed E-state index contributed by atoms with van der Waals surface area (Å²) in [6, 6.07) is 5.64. The van der Waals surface area contributed by atoms with Crippen LogP contribution in [0.1, 0.15) is 46.5 Å². The van der Waals surface area contributed by atoms with E-state index in [1.807, 2.05) is 17.0 Å². The normalized spacial score (nSPS) is 14.7. The molecular formula is C20H30ClN3O2. The number of nitrogens with one attached hydrogen (secondary N) is 1. The van der Waals surface area contributed by atoms with Crippen LogP contribution in [0, 0.1) is 5.92 Å². The fourth-order valence-corrected chi connectivity index (χ4v) is 3.38. The number of hydrogen-bond donors (Lipinski definition) is 1. The third-order valence-corrected chi connectivity index (χ3v) is 4.85. The van der Waals surface area contributed by atoms with Gasteiger partial charge in [0.05, 0.1) is 10.7 Å². The van der Waals surface area contributed by atoms with E-state index >= 15 is 0 Å².